The summed E-state index contributed by atoms with van der Waals surface area (Å²) in [5, 5.41) is 36.3. The number of hydrogen-bond acceptors (Lipinski definition) is 6. The molecule has 1 aliphatic rings. The van der Waals surface area contributed by atoms with Gasteiger partial charge >= 0.3 is 6.03 Å². The minimum absolute atomic E-state index is 0.181. The highest BCUT2D eigenvalue weighted by Crippen LogP contribution is 2.27. The van der Waals surface area contributed by atoms with Crippen molar-refractivity contribution in [1.29, 1.82) is 0 Å². The van der Waals surface area contributed by atoms with E-state index in [2.05, 4.69) is 0 Å². The van der Waals surface area contributed by atoms with Gasteiger partial charge < -0.3 is 25.3 Å². The van der Waals surface area contributed by atoms with Crippen LogP contribution in [0, 0.1) is 0 Å². The maximum atomic E-state index is 12.1. The Labute approximate surface area is 110 Å². The van der Waals surface area contributed by atoms with Gasteiger partial charge in [-0.3, -0.25) is 9.69 Å². The molecule has 1 aliphatic heterocycles. The molecule has 110 valence electrons. The molecule has 0 saturated carbocycles. The third kappa shape index (κ3) is 3.03. The van der Waals surface area contributed by atoms with Crippen LogP contribution in [0.3, 0.4) is 0 Å². The van der Waals surface area contributed by atoms with E-state index in [1.807, 2.05) is 0 Å². The second kappa shape index (κ2) is 5.83. The molecule has 8 nitrogen and oxygen atoms in total. The molecule has 4 N–H and O–H groups in total. The second-order valence-corrected chi connectivity index (χ2v) is 5.04. The number of imide groups is 1. The zero-order valence-corrected chi connectivity index (χ0v) is 11.0. The Kier molecular flexibility index (Phi) is 4.86. The lowest BCUT2D eigenvalue weighted by atomic mass is 10.0. The van der Waals surface area contributed by atoms with Gasteiger partial charge in [-0.25, -0.2) is 4.79 Å². The van der Waals surface area contributed by atoms with E-state index < -0.39 is 42.9 Å². The van der Waals surface area contributed by atoms with Crippen LogP contribution in [-0.2, 0) is 4.79 Å². The molecule has 2 unspecified atom stereocenters. The van der Waals surface area contributed by atoms with Crippen LogP contribution < -0.4 is 0 Å². The SMILES string of the molecule is CC1(C)C(=O)N(CC(O)CO)C(=O)N1CC(O)CO. The van der Waals surface area contributed by atoms with Gasteiger partial charge in [0.05, 0.1) is 38.5 Å². The highest BCUT2D eigenvalue weighted by atomic mass is 16.3. The third-order valence-corrected chi connectivity index (χ3v) is 3.11. The molecular weight excluding hydrogens is 256 g/mol. The van der Waals surface area contributed by atoms with E-state index in [4.69, 9.17) is 10.2 Å². The van der Waals surface area contributed by atoms with Gasteiger partial charge in [0, 0.05) is 0 Å². The van der Waals surface area contributed by atoms with E-state index in [1.165, 1.54) is 13.8 Å². The summed E-state index contributed by atoms with van der Waals surface area (Å²) in [4.78, 5) is 26.2. The Hall–Kier alpha value is -1.22. The molecule has 0 bridgehead atoms. The highest BCUT2D eigenvalue weighted by molar-refractivity contribution is 6.06. The van der Waals surface area contributed by atoms with Crippen LogP contribution in [0.25, 0.3) is 0 Å². The number of carbonyl (C=O) groups is 2. The Morgan fingerprint density at radius 1 is 1.05 bits per heavy atom. The molecule has 1 heterocycles. The van der Waals surface area contributed by atoms with E-state index >= 15 is 0 Å². The molecule has 19 heavy (non-hydrogen) atoms. The van der Waals surface area contributed by atoms with Crippen molar-refractivity contribution in [3.63, 3.8) is 0 Å². The average Bonchev–Trinajstić information content (AvgIpc) is 2.52. The van der Waals surface area contributed by atoms with Gasteiger partial charge in [-0.1, -0.05) is 0 Å². The fourth-order valence-corrected chi connectivity index (χ4v) is 1.92. The molecule has 8 heteroatoms. The van der Waals surface area contributed by atoms with Crippen LogP contribution >= 0.6 is 0 Å². The molecule has 1 fully saturated rings. The lowest BCUT2D eigenvalue weighted by Crippen LogP contribution is -2.48. The van der Waals surface area contributed by atoms with Crippen LogP contribution in [0.1, 0.15) is 13.8 Å². The first-order chi connectivity index (χ1) is 8.75. The van der Waals surface area contributed by atoms with Gasteiger partial charge in [0.15, 0.2) is 0 Å². The summed E-state index contributed by atoms with van der Waals surface area (Å²) < 4.78 is 0. The third-order valence-electron chi connectivity index (χ3n) is 3.11. The first kappa shape index (κ1) is 15.8. The van der Waals surface area contributed by atoms with Crippen molar-refractivity contribution >= 4 is 11.9 Å². The monoisotopic (exact) mass is 276 g/mol. The van der Waals surface area contributed by atoms with E-state index in [-0.39, 0.29) is 13.1 Å². The standard InChI is InChI=1S/C11H20N2O6/c1-11(2)9(18)12(3-7(16)5-14)10(19)13(11)4-8(17)6-15/h7-8,14-17H,3-6H2,1-2H3. The minimum Gasteiger partial charge on any atom is -0.394 e. The van der Waals surface area contributed by atoms with Gasteiger partial charge in [-0.05, 0) is 13.8 Å². The lowest BCUT2D eigenvalue weighted by molar-refractivity contribution is -0.133. The predicted octanol–water partition coefficient (Wildman–Crippen LogP) is -2.26. The summed E-state index contributed by atoms with van der Waals surface area (Å²) in [6.45, 7) is 1.47. The fourth-order valence-electron chi connectivity index (χ4n) is 1.92. The number of amides is 3. The summed E-state index contributed by atoms with van der Waals surface area (Å²) in [6.07, 6.45) is -2.34. The van der Waals surface area contributed by atoms with Crippen LogP contribution in [0.5, 0.6) is 0 Å². The smallest absolute Gasteiger partial charge is 0.327 e. The number of urea groups is 1. The van der Waals surface area contributed by atoms with Crippen molar-refractivity contribution in [1.82, 2.24) is 9.80 Å². The lowest BCUT2D eigenvalue weighted by Gasteiger charge is -2.29. The minimum atomic E-state index is -1.20. The average molecular weight is 276 g/mol. The molecule has 0 radical (unpaired) electrons. The van der Waals surface area contributed by atoms with Gasteiger partial charge in [0.25, 0.3) is 5.91 Å². The first-order valence-electron chi connectivity index (χ1n) is 5.97. The van der Waals surface area contributed by atoms with Crippen molar-refractivity contribution in [2.45, 2.75) is 31.6 Å². The second-order valence-electron chi connectivity index (χ2n) is 5.04. The number of rotatable bonds is 6. The predicted molar refractivity (Wildman–Crippen MR) is 64.1 cm³/mol. The van der Waals surface area contributed by atoms with E-state index in [9.17, 15) is 19.8 Å². The normalized spacial score (nSPS) is 22.0. The number of aliphatic hydroxyl groups excluding tert-OH is 4. The topological polar surface area (TPSA) is 122 Å². The van der Waals surface area contributed by atoms with Crippen molar-refractivity contribution in [3.8, 4) is 0 Å². The Balaban J connectivity index is 2.90. The van der Waals surface area contributed by atoms with Crippen LogP contribution in [0.2, 0.25) is 0 Å². The first-order valence-corrected chi connectivity index (χ1v) is 5.97. The molecule has 0 aromatic rings. The van der Waals surface area contributed by atoms with E-state index in [0.29, 0.717) is 0 Å². The van der Waals surface area contributed by atoms with Gasteiger partial charge in [0.1, 0.15) is 5.54 Å². The van der Waals surface area contributed by atoms with E-state index in [0.717, 1.165) is 9.80 Å². The largest absolute Gasteiger partial charge is 0.394 e. The quantitative estimate of drug-likeness (QED) is 0.406. The molecule has 3 amide bonds. The van der Waals surface area contributed by atoms with Gasteiger partial charge in [-0.2, -0.15) is 0 Å². The Morgan fingerprint density at radius 2 is 1.53 bits per heavy atom. The molecule has 0 aromatic carbocycles. The molecule has 2 atom stereocenters. The number of aliphatic hydroxyl groups is 4. The molecule has 0 aliphatic carbocycles. The number of β-amino-alcohol motifs (C(OH)–C–C–N with tert-alkyl or cyclic N) is 2. The van der Waals surface area contributed by atoms with Crippen molar-refractivity contribution in [3.05, 3.63) is 0 Å². The summed E-state index contributed by atoms with van der Waals surface area (Å²) in [6, 6.07) is -0.657. The summed E-state index contributed by atoms with van der Waals surface area (Å²) >= 11 is 0. The number of nitrogens with zero attached hydrogens (tertiary/aromatic N) is 2. The fraction of sp³-hybridized carbons (Fsp3) is 0.818. The number of hydrogen-bond donors (Lipinski definition) is 4. The highest BCUT2D eigenvalue weighted by Gasteiger charge is 2.51. The van der Waals surface area contributed by atoms with Crippen LogP contribution in [-0.4, -0.2) is 86.2 Å². The summed E-state index contributed by atoms with van der Waals surface area (Å²) in [5.74, 6) is -0.518. The van der Waals surface area contributed by atoms with Crippen LogP contribution in [0.4, 0.5) is 4.79 Å². The summed E-state index contributed by atoms with van der Waals surface area (Å²) in [5.41, 5.74) is -1.16. The summed E-state index contributed by atoms with van der Waals surface area (Å²) in [7, 11) is 0. The van der Waals surface area contributed by atoms with Gasteiger partial charge in [-0.15, -0.1) is 0 Å². The molecule has 0 spiro atoms. The van der Waals surface area contributed by atoms with Crippen molar-refractivity contribution in [2.75, 3.05) is 26.3 Å². The van der Waals surface area contributed by atoms with Gasteiger partial charge in [0.2, 0.25) is 0 Å². The number of carbonyl (C=O) groups excluding carboxylic acids is 2. The zero-order valence-electron chi connectivity index (χ0n) is 11.0. The van der Waals surface area contributed by atoms with Crippen molar-refractivity contribution in [2.24, 2.45) is 0 Å². The Morgan fingerprint density at radius 3 is 2.00 bits per heavy atom. The maximum Gasteiger partial charge on any atom is 0.327 e. The van der Waals surface area contributed by atoms with Crippen molar-refractivity contribution < 1.29 is 30.0 Å². The molecule has 1 saturated heterocycles. The molecule has 1 rings (SSSR count). The maximum absolute atomic E-state index is 12.1. The van der Waals surface area contributed by atoms with Crippen LogP contribution in [0.15, 0.2) is 0 Å². The zero-order chi connectivity index (χ0) is 14.8. The molecular formula is C11H20N2O6. The Bertz CT molecular complexity index is 359. The molecule has 0 aromatic heterocycles. The van der Waals surface area contributed by atoms with E-state index in [1.54, 1.807) is 0 Å².